The first kappa shape index (κ1) is 28.4. The molecule has 3 N–H and O–H groups in total. The summed E-state index contributed by atoms with van der Waals surface area (Å²) in [6.45, 7) is 15.9. The molecule has 0 spiro atoms. The molecular formula is C25H32O7. The normalized spacial score (nSPS) is 9.91. The minimum atomic E-state index is -0.935. The first-order valence-electron chi connectivity index (χ1n) is 9.80. The van der Waals surface area contributed by atoms with E-state index in [9.17, 15) is 14.7 Å². The molecular weight excluding hydrogens is 412 g/mol. The van der Waals surface area contributed by atoms with E-state index in [2.05, 4.69) is 27.0 Å². The van der Waals surface area contributed by atoms with E-state index in [-0.39, 0.29) is 22.3 Å². The molecule has 0 unspecified atom stereocenters. The molecule has 0 saturated carbocycles. The van der Waals surface area contributed by atoms with Gasteiger partial charge in [-0.2, -0.15) is 4.89 Å². The van der Waals surface area contributed by atoms with Crippen LogP contribution in [-0.2, 0) is 19.9 Å². The van der Waals surface area contributed by atoms with Crippen molar-refractivity contribution in [2.24, 2.45) is 0 Å². The Morgan fingerprint density at radius 2 is 1.19 bits per heavy atom. The smallest absolute Gasteiger partial charge is 0.330 e. The summed E-state index contributed by atoms with van der Waals surface area (Å²) in [7, 11) is 0. The summed E-state index contributed by atoms with van der Waals surface area (Å²) in [6.07, 6.45) is 0. The molecule has 32 heavy (non-hydrogen) atoms. The fourth-order valence-corrected chi connectivity index (χ4v) is 2.10. The Hall–Kier alpha value is -3.58. The predicted molar refractivity (Wildman–Crippen MR) is 124 cm³/mol. The Bertz CT molecular complexity index is 847. The largest absolute Gasteiger partial charge is 0.508 e. The first-order valence-corrected chi connectivity index (χ1v) is 9.80. The van der Waals surface area contributed by atoms with Crippen molar-refractivity contribution in [2.45, 2.75) is 40.0 Å². The molecule has 0 fully saturated rings. The van der Waals surface area contributed by atoms with Crippen LogP contribution in [0.25, 0.3) is 0 Å². The number of carboxylic acids is 2. The molecule has 0 radical (unpaired) electrons. The summed E-state index contributed by atoms with van der Waals surface area (Å²) >= 11 is 0. The van der Waals surface area contributed by atoms with Crippen LogP contribution in [0.3, 0.4) is 0 Å². The number of hydrogen-bond acceptors (Lipinski definition) is 5. The minimum Gasteiger partial charge on any atom is -0.508 e. The molecule has 0 aliphatic carbocycles. The van der Waals surface area contributed by atoms with Gasteiger partial charge in [0, 0.05) is 16.6 Å². The van der Waals surface area contributed by atoms with E-state index in [0.29, 0.717) is 12.4 Å². The van der Waals surface area contributed by atoms with Crippen molar-refractivity contribution in [1.82, 2.24) is 0 Å². The fraction of sp³-hybridized carbons (Fsp3) is 0.280. The van der Waals surface area contributed by atoms with Crippen molar-refractivity contribution in [3.8, 4) is 11.5 Å². The topological polar surface area (TPSA) is 113 Å². The summed E-state index contributed by atoms with van der Waals surface area (Å²) in [4.78, 5) is 29.2. The lowest BCUT2D eigenvalue weighted by Gasteiger charge is -2.26. The van der Waals surface area contributed by atoms with Crippen molar-refractivity contribution in [3.05, 3.63) is 84.0 Å². The highest BCUT2D eigenvalue weighted by Crippen LogP contribution is 2.33. The highest BCUT2D eigenvalue weighted by atomic mass is 17.2. The highest BCUT2D eigenvalue weighted by Gasteiger charge is 2.23. The van der Waals surface area contributed by atoms with E-state index in [1.807, 2.05) is 43.3 Å². The van der Waals surface area contributed by atoms with Crippen LogP contribution in [0.2, 0.25) is 0 Å². The number of carbonyl (C=O) groups is 2. The maximum Gasteiger partial charge on any atom is 0.330 e. The van der Waals surface area contributed by atoms with Gasteiger partial charge in [0.05, 0.1) is 6.61 Å². The van der Waals surface area contributed by atoms with Gasteiger partial charge < -0.3 is 20.2 Å². The lowest BCUT2D eigenvalue weighted by Crippen LogP contribution is -2.18. The van der Waals surface area contributed by atoms with E-state index in [4.69, 9.17) is 20.0 Å². The van der Waals surface area contributed by atoms with Crippen LogP contribution < -0.4 is 4.89 Å². The van der Waals surface area contributed by atoms with Crippen LogP contribution in [0.4, 0.5) is 0 Å². The van der Waals surface area contributed by atoms with Crippen molar-refractivity contribution in [1.29, 1.82) is 0 Å². The van der Waals surface area contributed by atoms with Crippen molar-refractivity contribution in [2.75, 3.05) is 6.61 Å². The molecule has 0 aliphatic rings. The van der Waals surface area contributed by atoms with Crippen LogP contribution in [0.15, 0.2) is 72.8 Å². The van der Waals surface area contributed by atoms with Gasteiger partial charge in [-0.25, -0.2) is 9.59 Å². The Morgan fingerprint density at radius 1 is 0.844 bits per heavy atom. The molecule has 0 amide bonds. The van der Waals surface area contributed by atoms with Gasteiger partial charge in [0.25, 0.3) is 0 Å². The molecule has 0 aromatic heterocycles. The molecule has 174 valence electrons. The lowest BCUT2D eigenvalue weighted by molar-refractivity contribution is -0.202. The summed E-state index contributed by atoms with van der Waals surface area (Å²) in [5.41, 5.74) is 2.53. The Morgan fingerprint density at radius 3 is 1.50 bits per heavy atom. The number of phenols is 1. The van der Waals surface area contributed by atoms with Gasteiger partial charge >= 0.3 is 11.9 Å². The monoisotopic (exact) mass is 444 g/mol. The van der Waals surface area contributed by atoms with E-state index in [1.54, 1.807) is 12.1 Å². The van der Waals surface area contributed by atoms with Crippen LogP contribution in [-0.4, -0.2) is 33.9 Å². The summed E-state index contributed by atoms with van der Waals surface area (Å²) in [5, 5.41) is 25.2. The molecule has 0 saturated heterocycles. The average molecular weight is 445 g/mol. The molecule has 7 heteroatoms. The number of carboxylic acid groups (broad SMARTS) is 2. The van der Waals surface area contributed by atoms with Gasteiger partial charge in [-0.1, -0.05) is 51.3 Å². The molecule has 0 aliphatic heterocycles. The molecule has 0 heterocycles. The fourth-order valence-electron chi connectivity index (χ4n) is 2.10. The summed E-state index contributed by atoms with van der Waals surface area (Å²) < 4.78 is 0. The third-order valence-corrected chi connectivity index (χ3v) is 4.17. The molecule has 0 atom stereocenters. The van der Waals surface area contributed by atoms with Gasteiger partial charge in [0.2, 0.25) is 0 Å². The summed E-state index contributed by atoms with van der Waals surface area (Å²) in [5.74, 6) is -0.896. The Kier molecular flexibility index (Phi) is 12.1. The maximum absolute atomic E-state index is 9.60. The van der Waals surface area contributed by atoms with Gasteiger partial charge in [0.1, 0.15) is 5.75 Å². The van der Waals surface area contributed by atoms with Crippen LogP contribution in [0, 0.1) is 0 Å². The average Bonchev–Trinajstić information content (AvgIpc) is 2.73. The van der Waals surface area contributed by atoms with Gasteiger partial charge in [0.15, 0.2) is 5.75 Å². The van der Waals surface area contributed by atoms with Crippen molar-refractivity contribution >= 4 is 11.9 Å². The number of hydrogen-bond donors (Lipinski definition) is 3. The quantitative estimate of drug-likeness (QED) is 0.300. The maximum atomic E-state index is 9.60. The van der Waals surface area contributed by atoms with Gasteiger partial charge in [-0.05, 0) is 56.2 Å². The molecule has 7 nitrogen and oxygen atoms in total. The number of aliphatic carboxylic acids is 2. The summed E-state index contributed by atoms with van der Waals surface area (Å²) in [6, 6.07) is 15.2. The van der Waals surface area contributed by atoms with E-state index in [0.717, 1.165) is 5.56 Å². The number of benzene rings is 2. The van der Waals surface area contributed by atoms with Gasteiger partial charge in [-0.3, -0.25) is 0 Å². The van der Waals surface area contributed by atoms with Crippen LogP contribution in [0.5, 0.6) is 11.5 Å². The van der Waals surface area contributed by atoms with Gasteiger partial charge in [-0.15, -0.1) is 0 Å². The second-order valence-electron chi connectivity index (χ2n) is 7.36. The van der Waals surface area contributed by atoms with E-state index in [1.165, 1.54) is 19.4 Å². The zero-order valence-corrected chi connectivity index (χ0v) is 19.2. The van der Waals surface area contributed by atoms with E-state index < -0.39 is 11.9 Å². The van der Waals surface area contributed by atoms with E-state index >= 15 is 0 Å². The third kappa shape index (κ3) is 10.4. The zero-order valence-electron chi connectivity index (χ0n) is 19.2. The van der Waals surface area contributed by atoms with Crippen LogP contribution >= 0.6 is 0 Å². The Labute approximate surface area is 189 Å². The second-order valence-corrected chi connectivity index (χ2v) is 7.36. The standard InChI is InChI=1S/C17H20O3.2C4H6O2/c1-4-19-20-16-11-7-14(8-12-16)17(2,3)13-5-9-15(18)10-6-13;2*1-3(2)4(5)6/h5-12,18H,4H2,1-3H3;2*1H2,2H3,(H,5,6). The molecule has 0 bridgehead atoms. The third-order valence-electron chi connectivity index (χ3n) is 4.17. The lowest BCUT2D eigenvalue weighted by atomic mass is 9.78. The number of aromatic hydroxyl groups is 1. The minimum absolute atomic E-state index is 0.141. The molecule has 2 rings (SSSR count). The molecule has 2 aromatic carbocycles. The highest BCUT2D eigenvalue weighted by molar-refractivity contribution is 5.85. The second kappa shape index (κ2) is 13.7. The Balaban J connectivity index is 0.000000662. The van der Waals surface area contributed by atoms with Crippen molar-refractivity contribution in [3.63, 3.8) is 0 Å². The van der Waals surface area contributed by atoms with Crippen molar-refractivity contribution < 1.29 is 34.7 Å². The SMILES string of the molecule is C=C(C)C(=O)O.C=C(C)C(=O)O.CCOOc1ccc(C(C)(C)c2ccc(O)cc2)cc1. The van der Waals surface area contributed by atoms with Crippen LogP contribution in [0.1, 0.15) is 45.7 Å². The number of phenolic OH excluding ortho intramolecular Hbond substituents is 1. The molecule has 2 aromatic rings. The predicted octanol–water partition coefficient (Wildman–Crippen LogP) is 5.34. The zero-order chi connectivity index (χ0) is 24.9. The number of rotatable bonds is 7. The first-order chi connectivity index (χ1) is 14.8.